The van der Waals surface area contributed by atoms with Gasteiger partial charge in [0.05, 0.1) is 12.1 Å². The molecule has 3 aromatic carbocycles. The van der Waals surface area contributed by atoms with Gasteiger partial charge in [-0.3, -0.25) is 4.79 Å². The van der Waals surface area contributed by atoms with Gasteiger partial charge in [0.2, 0.25) is 5.89 Å². The Bertz CT molecular complexity index is 1250. The van der Waals surface area contributed by atoms with Gasteiger partial charge in [0.1, 0.15) is 11.3 Å². The second-order valence-corrected chi connectivity index (χ2v) is 7.85. The van der Waals surface area contributed by atoms with Crippen molar-refractivity contribution in [1.82, 2.24) is 4.98 Å². The number of halogens is 1. The molecule has 1 aromatic heterocycles. The van der Waals surface area contributed by atoms with Crippen molar-refractivity contribution in [2.45, 2.75) is 26.2 Å². The monoisotopic (exact) mass is 434 g/mol. The molecular weight excluding hydrogens is 412 g/mol. The molecule has 1 heterocycles. The number of carbonyl (C=O) groups excluding carboxylic acids is 1. The number of anilines is 1. The Morgan fingerprint density at radius 3 is 2.74 bits per heavy atom. The van der Waals surface area contributed by atoms with E-state index < -0.39 is 0 Å². The van der Waals surface area contributed by atoms with Crippen molar-refractivity contribution in [2.75, 3.05) is 12.4 Å². The molecule has 0 aliphatic carbocycles. The van der Waals surface area contributed by atoms with Gasteiger partial charge in [-0.05, 0) is 66.4 Å². The van der Waals surface area contributed by atoms with Gasteiger partial charge < -0.3 is 14.5 Å². The maximum Gasteiger partial charge on any atom is 0.255 e. The van der Waals surface area contributed by atoms with E-state index in [0.717, 1.165) is 23.1 Å². The van der Waals surface area contributed by atoms with Crippen molar-refractivity contribution >= 4 is 34.3 Å². The first kappa shape index (κ1) is 20.9. The number of hydrogen-bond acceptors (Lipinski definition) is 4. The first-order chi connectivity index (χ1) is 15.0. The predicted molar refractivity (Wildman–Crippen MR) is 124 cm³/mol. The van der Waals surface area contributed by atoms with Gasteiger partial charge in [-0.1, -0.05) is 37.6 Å². The molecule has 0 radical (unpaired) electrons. The summed E-state index contributed by atoms with van der Waals surface area (Å²) in [5, 5.41) is 3.27. The largest absolute Gasteiger partial charge is 0.495 e. The molecule has 0 aliphatic rings. The highest BCUT2D eigenvalue weighted by molar-refractivity contribution is 6.32. The molecule has 4 aromatic rings. The molecule has 1 amide bonds. The molecule has 0 unspecified atom stereocenters. The third-order valence-electron chi connectivity index (χ3n) is 5.37. The highest BCUT2D eigenvalue weighted by Gasteiger charge is 2.13. The Hall–Kier alpha value is -3.31. The minimum Gasteiger partial charge on any atom is -0.495 e. The molecule has 5 nitrogen and oxygen atoms in total. The van der Waals surface area contributed by atoms with E-state index in [1.54, 1.807) is 18.2 Å². The third-order valence-corrected chi connectivity index (χ3v) is 5.67. The Balaban J connectivity index is 1.58. The van der Waals surface area contributed by atoms with Crippen LogP contribution in [0, 0.1) is 0 Å². The molecule has 4 rings (SSSR count). The Kier molecular flexibility index (Phi) is 5.96. The Morgan fingerprint density at radius 2 is 2.00 bits per heavy atom. The van der Waals surface area contributed by atoms with E-state index >= 15 is 0 Å². The van der Waals surface area contributed by atoms with E-state index in [1.807, 2.05) is 30.3 Å². The van der Waals surface area contributed by atoms with E-state index in [-0.39, 0.29) is 5.91 Å². The summed E-state index contributed by atoms with van der Waals surface area (Å²) in [5.74, 6) is 1.24. The summed E-state index contributed by atoms with van der Waals surface area (Å²) in [5.41, 5.74) is 4.67. The highest BCUT2D eigenvalue weighted by atomic mass is 35.5. The van der Waals surface area contributed by atoms with Crippen molar-refractivity contribution in [3.8, 4) is 17.2 Å². The molecule has 158 valence electrons. The molecule has 6 heteroatoms. The number of carbonyl (C=O) groups is 1. The van der Waals surface area contributed by atoms with Crippen LogP contribution in [0.25, 0.3) is 22.6 Å². The fourth-order valence-electron chi connectivity index (χ4n) is 3.35. The van der Waals surface area contributed by atoms with E-state index in [4.69, 9.17) is 20.8 Å². The van der Waals surface area contributed by atoms with Gasteiger partial charge in [0, 0.05) is 16.8 Å². The standard InChI is InChI=1S/C25H23ClN2O3/c1-4-15(2)16-8-11-23-21(14-16)28-25(31-23)18-6-5-7-19(12-18)27-24(29)17-9-10-22(30-3)20(26)13-17/h5-15H,4H2,1-3H3,(H,27,29)/t15-/m1/s1. The van der Waals surface area contributed by atoms with E-state index in [1.165, 1.54) is 12.7 Å². The van der Waals surface area contributed by atoms with Crippen molar-refractivity contribution in [1.29, 1.82) is 0 Å². The van der Waals surface area contributed by atoms with Gasteiger partial charge in [-0.15, -0.1) is 0 Å². The SMILES string of the molecule is CC[C@@H](C)c1ccc2oc(-c3cccc(NC(=O)c4ccc(OC)c(Cl)c4)c3)nc2c1. The number of benzene rings is 3. The predicted octanol–water partition coefficient (Wildman–Crippen LogP) is 6.92. The van der Waals surface area contributed by atoms with Crippen LogP contribution in [0.15, 0.2) is 65.1 Å². The Morgan fingerprint density at radius 1 is 1.16 bits per heavy atom. The maximum absolute atomic E-state index is 12.6. The van der Waals surface area contributed by atoms with Crippen LogP contribution in [-0.4, -0.2) is 18.0 Å². The quantitative estimate of drug-likeness (QED) is 0.357. The van der Waals surface area contributed by atoms with E-state index in [9.17, 15) is 4.79 Å². The first-order valence-corrected chi connectivity index (χ1v) is 10.5. The van der Waals surface area contributed by atoms with Crippen LogP contribution in [0.5, 0.6) is 5.75 Å². The zero-order chi connectivity index (χ0) is 22.0. The minimum absolute atomic E-state index is 0.266. The number of oxazole rings is 1. The van der Waals surface area contributed by atoms with Crippen LogP contribution in [-0.2, 0) is 0 Å². The number of aromatic nitrogens is 1. The summed E-state index contributed by atoms with van der Waals surface area (Å²) in [6, 6.07) is 18.4. The minimum atomic E-state index is -0.266. The number of hydrogen-bond donors (Lipinski definition) is 1. The summed E-state index contributed by atoms with van der Waals surface area (Å²) < 4.78 is 11.1. The van der Waals surface area contributed by atoms with Crippen LogP contribution < -0.4 is 10.1 Å². The van der Waals surface area contributed by atoms with E-state index in [2.05, 4.69) is 36.3 Å². The lowest BCUT2D eigenvalue weighted by atomic mass is 9.98. The molecule has 0 fully saturated rings. The lowest BCUT2D eigenvalue weighted by molar-refractivity contribution is 0.102. The Labute approximate surface area is 186 Å². The normalized spacial score (nSPS) is 12.0. The smallest absolute Gasteiger partial charge is 0.255 e. The molecule has 0 bridgehead atoms. The average molecular weight is 435 g/mol. The van der Waals surface area contributed by atoms with Crippen molar-refractivity contribution < 1.29 is 13.9 Å². The second kappa shape index (κ2) is 8.82. The van der Waals surface area contributed by atoms with Gasteiger partial charge in [-0.2, -0.15) is 0 Å². The summed E-state index contributed by atoms with van der Waals surface area (Å²) in [4.78, 5) is 17.3. The molecule has 0 aliphatic heterocycles. The number of ether oxygens (including phenoxy) is 1. The molecule has 0 spiro atoms. The summed E-state index contributed by atoms with van der Waals surface area (Å²) in [6.45, 7) is 4.37. The van der Waals surface area contributed by atoms with Gasteiger partial charge in [-0.25, -0.2) is 4.98 Å². The van der Waals surface area contributed by atoms with Crippen molar-refractivity contribution in [3.05, 3.63) is 76.8 Å². The van der Waals surface area contributed by atoms with Crippen molar-refractivity contribution in [3.63, 3.8) is 0 Å². The number of nitrogens with one attached hydrogen (secondary N) is 1. The van der Waals surface area contributed by atoms with Gasteiger partial charge >= 0.3 is 0 Å². The number of amides is 1. The van der Waals surface area contributed by atoms with Crippen LogP contribution in [0.3, 0.4) is 0 Å². The maximum atomic E-state index is 12.6. The molecule has 1 N–H and O–H groups in total. The third kappa shape index (κ3) is 4.42. The fourth-order valence-corrected chi connectivity index (χ4v) is 3.61. The number of rotatable bonds is 6. The second-order valence-electron chi connectivity index (χ2n) is 7.44. The van der Waals surface area contributed by atoms with Crippen LogP contribution in [0.1, 0.15) is 42.1 Å². The number of methoxy groups -OCH3 is 1. The number of fused-ring (bicyclic) bond motifs is 1. The van der Waals surface area contributed by atoms with E-state index in [0.29, 0.717) is 33.8 Å². The summed E-state index contributed by atoms with van der Waals surface area (Å²) in [6.07, 6.45) is 1.07. The lowest BCUT2D eigenvalue weighted by Crippen LogP contribution is -2.11. The van der Waals surface area contributed by atoms with Crippen molar-refractivity contribution in [2.24, 2.45) is 0 Å². The summed E-state index contributed by atoms with van der Waals surface area (Å²) in [7, 11) is 1.53. The van der Waals surface area contributed by atoms with Gasteiger partial charge in [0.15, 0.2) is 5.58 Å². The molecule has 0 saturated carbocycles. The molecule has 0 saturated heterocycles. The van der Waals surface area contributed by atoms with Gasteiger partial charge in [0.25, 0.3) is 5.91 Å². The van der Waals surface area contributed by atoms with Crippen LogP contribution >= 0.6 is 11.6 Å². The van der Waals surface area contributed by atoms with Crippen LogP contribution in [0.4, 0.5) is 5.69 Å². The molecule has 1 atom stereocenters. The topological polar surface area (TPSA) is 64.4 Å². The fraction of sp³-hybridized carbons (Fsp3) is 0.200. The average Bonchev–Trinajstić information content (AvgIpc) is 3.22. The molecule has 31 heavy (non-hydrogen) atoms. The zero-order valence-electron chi connectivity index (χ0n) is 17.6. The number of nitrogens with zero attached hydrogens (tertiary/aromatic N) is 1. The highest BCUT2D eigenvalue weighted by Crippen LogP contribution is 2.29. The summed E-state index contributed by atoms with van der Waals surface area (Å²) >= 11 is 6.13. The lowest BCUT2D eigenvalue weighted by Gasteiger charge is -2.08. The van der Waals surface area contributed by atoms with Crippen LogP contribution in [0.2, 0.25) is 5.02 Å². The first-order valence-electron chi connectivity index (χ1n) is 10.1. The molecular formula is C25H23ClN2O3. The zero-order valence-corrected chi connectivity index (χ0v) is 18.4.